The van der Waals surface area contributed by atoms with Crippen LogP contribution in [0.15, 0.2) is 48.5 Å². The third kappa shape index (κ3) is 7.19. The summed E-state index contributed by atoms with van der Waals surface area (Å²) in [7, 11) is -2.45. The second-order valence-corrected chi connectivity index (χ2v) is 11.0. The Balaban J connectivity index is 1.89. The average molecular weight is 520 g/mol. The van der Waals surface area contributed by atoms with E-state index in [1.165, 1.54) is 36.3 Å². The molecule has 3 rings (SSSR count). The molecule has 0 radical (unpaired) electrons. The summed E-state index contributed by atoms with van der Waals surface area (Å²) in [5.74, 6) is -0.995. The molecule has 0 saturated heterocycles. The monoisotopic (exact) mass is 519 g/mol. The zero-order valence-corrected chi connectivity index (χ0v) is 21.8. The number of ether oxygens (including phenoxy) is 1. The Labute approximate surface area is 212 Å². The standard InChI is InChI=1S/C26H34FN3O5S/c1-19(26(32)28-22-9-5-4-6-10-22)29(17-20-13-15-21(27)16-14-20)25(31)18-30(36(3,33)34)23-11-7-8-12-24(23)35-2/h7-8,11-16,19,22H,4-6,9-10,17-18H2,1-3H3,(H,28,32). The lowest BCUT2D eigenvalue weighted by molar-refractivity contribution is -0.139. The van der Waals surface area contributed by atoms with Crippen LogP contribution in [0, 0.1) is 5.82 Å². The summed E-state index contributed by atoms with van der Waals surface area (Å²) in [5.41, 5.74) is 0.835. The molecule has 1 aliphatic carbocycles. The van der Waals surface area contributed by atoms with E-state index in [0.717, 1.165) is 42.7 Å². The van der Waals surface area contributed by atoms with E-state index in [-0.39, 0.29) is 24.2 Å². The predicted molar refractivity (Wildman–Crippen MR) is 137 cm³/mol. The van der Waals surface area contributed by atoms with Gasteiger partial charge in [-0.3, -0.25) is 13.9 Å². The fraction of sp³-hybridized carbons (Fsp3) is 0.462. The number of anilines is 1. The highest BCUT2D eigenvalue weighted by atomic mass is 32.2. The van der Waals surface area contributed by atoms with Gasteiger partial charge in [-0.05, 0) is 49.6 Å². The fourth-order valence-corrected chi connectivity index (χ4v) is 5.22. The van der Waals surface area contributed by atoms with E-state index in [1.54, 1.807) is 31.2 Å². The number of hydrogen-bond acceptors (Lipinski definition) is 5. The van der Waals surface area contributed by atoms with Gasteiger partial charge in [0.2, 0.25) is 21.8 Å². The summed E-state index contributed by atoms with van der Waals surface area (Å²) in [5, 5.41) is 3.04. The molecule has 0 aliphatic heterocycles. The number of hydrogen-bond donors (Lipinski definition) is 1. The minimum atomic E-state index is -3.87. The van der Waals surface area contributed by atoms with Gasteiger partial charge in [0.15, 0.2) is 0 Å². The molecule has 1 aliphatic rings. The largest absolute Gasteiger partial charge is 0.495 e. The van der Waals surface area contributed by atoms with Gasteiger partial charge < -0.3 is 15.0 Å². The molecule has 2 amide bonds. The number of amides is 2. The fourth-order valence-electron chi connectivity index (χ4n) is 4.37. The van der Waals surface area contributed by atoms with Gasteiger partial charge in [-0.2, -0.15) is 0 Å². The first-order chi connectivity index (χ1) is 17.1. The van der Waals surface area contributed by atoms with Gasteiger partial charge in [0.25, 0.3) is 0 Å². The molecule has 0 aromatic heterocycles. The third-order valence-electron chi connectivity index (χ3n) is 6.42. The van der Waals surface area contributed by atoms with Crippen molar-refractivity contribution in [2.24, 2.45) is 0 Å². The first-order valence-electron chi connectivity index (χ1n) is 12.0. The lowest BCUT2D eigenvalue weighted by Crippen LogP contribution is -2.53. The Kier molecular flexibility index (Phi) is 9.31. The van der Waals surface area contributed by atoms with Crippen molar-refractivity contribution in [1.29, 1.82) is 0 Å². The van der Waals surface area contributed by atoms with Crippen molar-refractivity contribution in [3.63, 3.8) is 0 Å². The molecule has 0 spiro atoms. The first kappa shape index (κ1) is 27.4. The average Bonchev–Trinajstić information content (AvgIpc) is 2.86. The van der Waals surface area contributed by atoms with Gasteiger partial charge in [0.1, 0.15) is 24.2 Å². The van der Waals surface area contributed by atoms with Crippen LogP contribution in [-0.4, -0.2) is 57.1 Å². The van der Waals surface area contributed by atoms with Gasteiger partial charge >= 0.3 is 0 Å². The van der Waals surface area contributed by atoms with E-state index in [4.69, 9.17) is 4.74 Å². The maximum Gasteiger partial charge on any atom is 0.244 e. The maximum atomic E-state index is 13.6. The molecule has 1 N–H and O–H groups in total. The van der Waals surface area contributed by atoms with Gasteiger partial charge in [-0.25, -0.2) is 12.8 Å². The van der Waals surface area contributed by atoms with E-state index in [0.29, 0.717) is 11.3 Å². The Bertz CT molecular complexity index is 1150. The van der Waals surface area contributed by atoms with Crippen LogP contribution >= 0.6 is 0 Å². The molecule has 0 heterocycles. The second kappa shape index (κ2) is 12.2. The van der Waals surface area contributed by atoms with Crippen LogP contribution in [0.25, 0.3) is 0 Å². The van der Waals surface area contributed by atoms with Crippen LogP contribution in [0.1, 0.15) is 44.6 Å². The number of nitrogens with one attached hydrogen (secondary N) is 1. The lowest BCUT2D eigenvalue weighted by atomic mass is 9.95. The highest BCUT2D eigenvalue weighted by Crippen LogP contribution is 2.29. The molecule has 1 saturated carbocycles. The number of methoxy groups -OCH3 is 1. The van der Waals surface area contributed by atoms with Crippen LogP contribution in [-0.2, 0) is 26.2 Å². The Morgan fingerprint density at radius 2 is 1.72 bits per heavy atom. The summed E-state index contributed by atoms with van der Waals surface area (Å²) in [6.07, 6.45) is 6.01. The van der Waals surface area contributed by atoms with Crippen molar-refractivity contribution in [3.05, 3.63) is 59.9 Å². The van der Waals surface area contributed by atoms with Crippen molar-refractivity contribution >= 4 is 27.5 Å². The molecular formula is C26H34FN3O5S. The Morgan fingerprint density at radius 1 is 1.08 bits per heavy atom. The summed E-state index contributed by atoms with van der Waals surface area (Å²) in [6, 6.07) is 11.3. The number of nitrogens with zero attached hydrogens (tertiary/aromatic N) is 2. The van der Waals surface area contributed by atoms with Crippen LogP contribution in [0.5, 0.6) is 5.75 Å². The van der Waals surface area contributed by atoms with Crippen molar-refractivity contribution in [1.82, 2.24) is 10.2 Å². The third-order valence-corrected chi connectivity index (χ3v) is 7.54. The van der Waals surface area contributed by atoms with Gasteiger partial charge in [-0.15, -0.1) is 0 Å². The summed E-state index contributed by atoms with van der Waals surface area (Å²) < 4.78 is 45.1. The van der Waals surface area contributed by atoms with Gasteiger partial charge in [0.05, 0.1) is 19.1 Å². The topological polar surface area (TPSA) is 96.0 Å². The predicted octanol–water partition coefficient (Wildman–Crippen LogP) is 3.47. The van der Waals surface area contributed by atoms with Crippen molar-refractivity contribution in [2.75, 3.05) is 24.2 Å². The molecule has 2 aromatic carbocycles. The highest BCUT2D eigenvalue weighted by molar-refractivity contribution is 7.92. The molecular weight excluding hydrogens is 485 g/mol. The van der Waals surface area contributed by atoms with Crippen molar-refractivity contribution < 1.29 is 27.1 Å². The smallest absolute Gasteiger partial charge is 0.244 e. The number of carbonyl (C=O) groups excluding carboxylic acids is 2. The highest BCUT2D eigenvalue weighted by Gasteiger charge is 2.32. The molecule has 2 aromatic rings. The number of para-hydroxylation sites is 2. The number of sulfonamides is 1. The number of carbonyl (C=O) groups is 2. The minimum Gasteiger partial charge on any atom is -0.495 e. The second-order valence-electron chi connectivity index (χ2n) is 9.11. The number of benzene rings is 2. The number of halogens is 1. The van der Waals surface area contributed by atoms with Gasteiger partial charge in [0, 0.05) is 12.6 Å². The number of rotatable bonds is 10. The SMILES string of the molecule is COc1ccccc1N(CC(=O)N(Cc1ccc(F)cc1)C(C)C(=O)NC1CCCCC1)S(C)(=O)=O. The minimum absolute atomic E-state index is 0.0158. The van der Waals surface area contributed by atoms with E-state index in [1.807, 2.05) is 0 Å². The van der Waals surface area contributed by atoms with Crippen LogP contribution in [0.2, 0.25) is 0 Å². The summed E-state index contributed by atoms with van der Waals surface area (Å²) in [4.78, 5) is 28.1. The van der Waals surface area contributed by atoms with Crippen LogP contribution in [0.3, 0.4) is 0 Å². The van der Waals surface area contributed by atoms with Crippen molar-refractivity contribution in [2.45, 2.75) is 57.7 Å². The van der Waals surface area contributed by atoms with Crippen molar-refractivity contribution in [3.8, 4) is 5.75 Å². The Morgan fingerprint density at radius 3 is 2.33 bits per heavy atom. The molecule has 36 heavy (non-hydrogen) atoms. The maximum absolute atomic E-state index is 13.6. The van der Waals surface area contributed by atoms with Crippen LogP contribution in [0.4, 0.5) is 10.1 Å². The van der Waals surface area contributed by atoms with E-state index >= 15 is 0 Å². The molecule has 1 atom stereocenters. The van der Waals surface area contributed by atoms with E-state index in [9.17, 15) is 22.4 Å². The summed E-state index contributed by atoms with van der Waals surface area (Å²) in [6.45, 7) is 1.11. The quantitative estimate of drug-likeness (QED) is 0.519. The molecule has 1 fully saturated rings. The Hall–Kier alpha value is -3.14. The first-order valence-corrected chi connectivity index (χ1v) is 13.9. The summed E-state index contributed by atoms with van der Waals surface area (Å²) >= 11 is 0. The van der Waals surface area contributed by atoms with Crippen LogP contribution < -0.4 is 14.4 Å². The molecule has 1 unspecified atom stereocenters. The molecule has 196 valence electrons. The lowest BCUT2D eigenvalue weighted by Gasteiger charge is -2.33. The normalized spacial score (nSPS) is 15.1. The zero-order valence-electron chi connectivity index (χ0n) is 20.9. The van der Waals surface area contributed by atoms with E-state index < -0.39 is 34.3 Å². The van der Waals surface area contributed by atoms with E-state index in [2.05, 4.69) is 5.32 Å². The molecule has 0 bridgehead atoms. The zero-order chi connectivity index (χ0) is 26.3. The molecule has 10 heteroatoms. The van der Waals surface area contributed by atoms with Gasteiger partial charge in [-0.1, -0.05) is 43.5 Å². The molecule has 8 nitrogen and oxygen atoms in total.